The van der Waals surface area contributed by atoms with Crippen molar-refractivity contribution in [1.29, 1.82) is 0 Å². The molecule has 1 aliphatic rings. The molecule has 4 aromatic rings. The van der Waals surface area contributed by atoms with Crippen molar-refractivity contribution >= 4 is 29.0 Å². The Bertz CT molecular complexity index is 1600. The zero-order valence-corrected chi connectivity index (χ0v) is 23.8. The van der Waals surface area contributed by atoms with E-state index in [0.717, 1.165) is 56.9 Å². The lowest BCUT2D eigenvalue weighted by Gasteiger charge is -2.12. The molecular weight excluding hydrogens is 526 g/mol. The first-order chi connectivity index (χ1) is 19.1. The van der Waals surface area contributed by atoms with Gasteiger partial charge in [0, 0.05) is 39.7 Å². The van der Waals surface area contributed by atoms with Crippen molar-refractivity contribution in [2.24, 2.45) is 5.16 Å². The van der Waals surface area contributed by atoms with Crippen LogP contribution in [0.4, 0.5) is 0 Å². The Labute approximate surface area is 240 Å². The zero-order valence-electron chi connectivity index (χ0n) is 23.0. The van der Waals surface area contributed by atoms with Crippen molar-refractivity contribution in [3.8, 4) is 40.3 Å². The summed E-state index contributed by atoms with van der Waals surface area (Å²) < 4.78 is 17.2. The SMILES string of the molecule is COc1cc2c(cc1OC)-c1[nH]c3ccc(OCCN(C)C)cc3c1/C2=N\OC/C=C/C#Cc1ccccc1.Cl. The smallest absolute Gasteiger partial charge is 0.161 e. The summed E-state index contributed by atoms with van der Waals surface area (Å²) in [6.07, 6.45) is 3.62. The van der Waals surface area contributed by atoms with Gasteiger partial charge in [0.05, 0.1) is 19.9 Å². The molecule has 0 aliphatic heterocycles. The molecule has 0 amide bonds. The van der Waals surface area contributed by atoms with Crippen LogP contribution in [0.5, 0.6) is 17.2 Å². The molecule has 5 rings (SSSR count). The molecule has 40 heavy (non-hydrogen) atoms. The van der Waals surface area contributed by atoms with Crippen molar-refractivity contribution in [3.63, 3.8) is 0 Å². The number of likely N-dealkylation sites (N-methyl/N-ethyl adjacent to an activating group) is 1. The third-order valence-electron chi connectivity index (χ3n) is 6.38. The first-order valence-electron chi connectivity index (χ1n) is 12.7. The van der Waals surface area contributed by atoms with E-state index in [1.165, 1.54) is 0 Å². The van der Waals surface area contributed by atoms with Crippen LogP contribution in [-0.4, -0.2) is 63.7 Å². The number of benzene rings is 3. The maximum Gasteiger partial charge on any atom is 0.161 e. The molecule has 8 heteroatoms. The summed E-state index contributed by atoms with van der Waals surface area (Å²) in [7, 11) is 7.31. The second-order valence-electron chi connectivity index (χ2n) is 9.26. The molecule has 0 bridgehead atoms. The van der Waals surface area contributed by atoms with E-state index in [9.17, 15) is 0 Å². The highest BCUT2D eigenvalue weighted by molar-refractivity contribution is 6.30. The highest BCUT2D eigenvalue weighted by Crippen LogP contribution is 2.46. The minimum Gasteiger partial charge on any atom is -0.493 e. The predicted molar refractivity (Wildman–Crippen MR) is 162 cm³/mol. The number of oxime groups is 1. The van der Waals surface area contributed by atoms with Gasteiger partial charge in [0.15, 0.2) is 11.5 Å². The minimum atomic E-state index is 0. The maximum atomic E-state index is 6.02. The topological polar surface area (TPSA) is 68.3 Å². The van der Waals surface area contributed by atoms with Crippen LogP contribution < -0.4 is 14.2 Å². The molecule has 206 valence electrons. The molecule has 1 heterocycles. The molecule has 0 atom stereocenters. The van der Waals surface area contributed by atoms with Gasteiger partial charge in [0.1, 0.15) is 24.7 Å². The van der Waals surface area contributed by atoms with Crippen molar-refractivity contribution in [1.82, 2.24) is 9.88 Å². The third kappa shape index (κ3) is 6.09. The number of ether oxygens (including phenoxy) is 3. The molecule has 0 saturated heterocycles. The van der Waals surface area contributed by atoms with Gasteiger partial charge < -0.3 is 28.9 Å². The first kappa shape index (κ1) is 28.6. The molecule has 0 unspecified atom stereocenters. The van der Waals surface area contributed by atoms with Gasteiger partial charge in [-0.25, -0.2) is 0 Å². The van der Waals surface area contributed by atoms with Gasteiger partial charge in [-0.3, -0.25) is 0 Å². The fourth-order valence-electron chi connectivity index (χ4n) is 4.46. The average Bonchev–Trinajstić information content (AvgIpc) is 3.46. The quantitative estimate of drug-likeness (QED) is 0.139. The lowest BCUT2D eigenvalue weighted by molar-refractivity contribution is 0.175. The van der Waals surface area contributed by atoms with Crippen LogP contribution in [0.2, 0.25) is 0 Å². The number of methoxy groups -OCH3 is 2. The summed E-state index contributed by atoms with van der Waals surface area (Å²) in [6, 6.07) is 19.8. The second kappa shape index (κ2) is 13.1. The molecule has 0 fully saturated rings. The summed E-state index contributed by atoms with van der Waals surface area (Å²) in [5, 5.41) is 5.59. The lowest BCUT2D eigenvalue weighted by atomic mass is 10.1. The van der Waals surface area contributed by atoms with Crippen molar-refractivity contribution in [2.75, 3.05) is 48.1 Å². The van der Waals surface area contributed by atoms with Crippen LogP contribution in [0.25, 0.3) is 22.2 Å². The number of halogens is 1. The Kier molecular flexibility index (Phi) is 9.39. The van der Waals surface area contributed by atoms with E-state index in [-0.39, 0.29) is 19.0 Å². The summed E-state index contributed by atoms with van der Waals surface area (Å²) in [5.74, 6) is 8.20. The highest BCUT2D eigenvalue weighted by Gasteiger charge is 2.32. The fourth-order valence-corrected chi connectivity index (χ4v) is 4.46. The average molecular weight is 558 g/mol. The first-order valence-corrected chi connectivity index (χ1v) is 12.7. The van der Waals surface area contributed by atoms with Crippen LogP contribution in [0.15, 0.2) is 78.0 Å². The van der Waals surface area contributed by atoms with E-state index in [2.05, 4.69) is 32.9 Å². The molecule has 0 radical (unpaired) electrons. The van der Waals surface area contributed by atoms with E-state index in [1.807, 2.05) is 74.8 Å². The van der Waals surface area contributed by atoms with Crippen molar-refractivity contribution < 1.29 is 19.0 Å². The zero-order chi connectivity index (χ0) is 27.2. The third-order valence-corrected chi connectivity index (χ3v) is 6.38. The van der Waals surface area contributed by atoms with Gasteiger partial charge in [0.2, 0.25) is 0 Å². The van der Waals surface area contributed by atoms with Gasteiger partial charge >= 0.3 is 0 Å². The Hall–Kier alpha value is -4.38. The number of hydrogen-bond donors (Lipinski definition) is 1. The van der Waals surface area contributed by atoms with E-state index in [1.54, 1.807) is 20.3 Å². The molecule has 0 spiro atoms. The second-order valence-corrected chi connectivity index (χ2v) is 9.26. The van der Waals surface area contributed by atoms with Crippen molar-refractivity contribution in [3.05, 3.63) is 89.5 Å². The predicted octanol–water partition coefficient (Wildman–Crippen LogP) is 5.90. The maximum absolute atomic E-state index is 6.02. The van der Waals surface area contributed by atoms with Gasteiger partial charge in [-0.15, -0.1) is 12.4 Å². The fraction of sp³-hybridized carbons (Fsp3) is 0.219. The molecule has 7 nitrogen and oxygen atoms in total. The van der Waals surface area contributed by atoms with E-state index in [0.29, 0.717) is 18.1 Å². The molecular formula is C32H32ClN3O4. The Morgan fingerprint density at radius 3 is 2.42 bits per heavy atom. The molecule has 3 aromatic carbocycles. The number of aromatic nitrogens is 1. The van der Waals surface area contributed by atoms with Gasteiger partial charge in [0.25, 0.3) is 0 Å². The van der Waals surface area contributed by atoms with Crippen LogP contribution in [-0.2, 0) is 4.84 Å². The number of H-pyrrole nitrogens is 1. The van der Waals surface area contributed by atoms with Crippen LogP contribution in [0, 0.1) is 11.8 Å². The summed E-state index contributed by atoms with van der Waals surface area (Å²) in [4.78, 5) is 11.4. The number of rotatable bonds is 9. The Balaban J connectivity index is 0.00000370. The molecule has 1 aromatic heterocycles. The van der Waals surface area contributed by atoms with Crippen molar-refractivity contribution in [2.45, 2.75) is 0 Å². The number of nitrogens with zero attached hydrogens (tertiary/aromatic N) is 2. The number of aromatic amines is 1. The number of hydrogen-bond acceptors (Lipinski definition) is 6. The lowest BCUT2D eigenvalue weighted by Crippen LogP contribution is -2.19. The Morgan fingerprint density at radius 1 is 0.950 bits per heavy atom. The minimum absolute atomic E-state index is 0. The summed E-state index contributed by atoms with van der Waals surface area (Å²) >= 11 is 0. The van der Waals surface area contributed by atoms with E-state index < -0.39 is 0 Å². The number of fused-ring (bicyclic) bond motifs is 5. The van der Waals surface area contributed by atoms with Gasteiger partial charge in [-0.2, -0.15) is 0 Å². The van der Waals surface area contributed by atoms with Crippen LogP contribution in [0.3, 0.4) is 0 Å². The molecule has 1 N–H and O–H groups in total. The largest absolute Gasteiger partial charge is 0.493 e. The monoisotopic (exact) mass is 557 g/mol. The Morgan fingerprint density at radius 2 is 1.70 bits per heavy atom. The summed E-state index contributed by atoms with van der Waals surface area (Å²) in [5.41, 5.74) is 6.47. The highest BCUT2D eigenvalue weighted by atomic mass is 35.5. The standard InChI is InChI=1S/C32H31N3O4.ClH/c1-35(2)16-18-38-23-14-15-27-26(19-23)30-31(33-27)24-20-28(36-3)29(37-4)21-25(24)32(30)34-39-17-10-6-9-13-22-11-7-5-8-12-22;/h5-8,10-12,14-15,19-21,33H,16-18H2,1-4H3;1H/b10-6+,34-32-;. The van der Waals surface area contributed by atoms with Crippen LogP contribution >= 0.6 is 12.4 Å². The summed E-state index contributed by atoms with van der Waals surface area (Å²) in [6.45, 7) is 1.72. The van der Waals surface area contributed by atoms with E-state index >= 15 is 0 Å². The normalized spacial score (nSPS) is 12.6. The number of allylic oxidation sites excluding steroid dienone is 1. The van der Waals surface area contributed by atoms with E-state index in [4.69, 9.17) is 19.0 Å². The molecule has 1 aliphatic carbocycles. The van der Waals surface area contributed by atoms with Gasteiger partial charge in [-0.05, 0) is 68.7 Å². The van der Waals surface area contributed by atoms with Gasteiger partial charge in [-0.1, -0.05) is 35.2 Å². The number of nitrogens with one attached hydrogen (secondary N) is 1. The molecule has 0 saturated carbocycles. The van der Waals surface area contributed by atoms with Crippen LogP contribution in [0.1, 0.15) is 16.7 Å².